The summed E-state index contributed by atoms with van der Waals surface area (Å²) in [6.45, 7) is 3.39. The largest absolute Gasteiger partial charge is 0.365 e. The van der Waals surface area contributed by atoms with E-state index in [-0.39, 0.29) is 12.1 Å². The van der Waals surface area contributed by atoms with Crippen molar-refractivity contribution in [2.75, 3.05) is 18.4 Å². The Labute approximate surface area is 123 Å². The SMILES string of the molecule is Cc1cccc2c(NC3CCCN(C(N)=O)C3)ncnc12. The molecule has 0 saturated carbocycles. The predicted molar refractivity (Wildman–Crippen MR) is 82.1 cm³/mol. The predicted octanol–water partition coefficient (Wildman–Crippen LogP) is 1.89. The van der Waals surface area contributed by atoms with Crippen LogP contribution in [-0.4, -0.2) is 40.0 Å². The van der Waals surface area contributed by atoms with Crippen molar-refractivity contribution >= 4 is 22.8 Å². The molecule has 3 N–H and O–H groups in total. The van der Waals surface area contributed by atoms with Crippen LogP contribution in [0, 0.1) is 6.92 Å². The van der Waals surface area contributed by atoms with E-state index in [1.165, 1.54) is 0 Å². The van der Waals surface area contributed by atoms with E-state index >= 15 is 0 Å². The van der Waals surface area contributed by atoms with Crippen molar-refractivity contribution in [2.24, 2.45) is 5.73 Å². The van der Waals surface area contributed by atoms with Gasteiger partial charge in [-0.15, -0.1) is 0 Å². The highest BCUT2D eigenvalue weighted by Gasteiger charge is 2.22. The molecule has 2 aromatic rings. The summed E-state index contributed by atoms with van der Waals surface area (Å²) in [4.78, 5) is 21.7. The first-order valence-corrected chi connectivity index (χ1v) is 7.16. The van der Waals surface area contributed by atoms with Crippen LogP contribution < -0.4 is 11.1 Å². The van der Waals surface area contributed by atoms with Gasteiger partial charge < -0.3 is 16.0 Å². The highest BCUT2D eigenvalue weighted by molar-refractivity contribution is 5.90. The number of nitrogens with one attached hydrogen (secondary N) is 1. The minimum absolute atomic E-state index is 0.171. The van der Waals surface area contributed by atoms with Gasteiger partial charge in [-0.05, 0) is 31.4 Å². The first-order valence-electron chi connectivity index (χ1n) is 7.16. The Morgan fingerprint density at radius 3 is 3.10 bits per heavy atom. The van der Waals surface area contributed by atoms with Gasteiger partial charge in [0.25, 0.3) is 0 Å². The van der Waals surface area contributed by atoms with Crippen LogP contribution in [0.3, 0.4) is 0 Å². The molecule has 1 unspecified atom stereocenters. The van der Waals surface area contributed by atoms with Gasteiger partial charge in [0.05, 0.1) is 5.52 Å². The number of carbonyl (C=O) groups excluding carboxylic acids is 1. The Balaban J connectivity index is 1.85. The summed E-state index contributed by atoms with van der Waals surface area (Å²) >= 11 is 0. The third-order valence-corrected chi connectivity index (χ3v) is 3.94. The second-order valence-electron chi connectivity index (χ2n) is 5.46. The second kappa shape index (κ2) is 5.55. The molecular weight excluding hydrogens is 266 g/mol. The number of nitrogens with zero attached hydrogens (tertiary/aromatic N) is 3. The van der Waals surface area contributed by atoms with E-state index in [1.54, 1.807) is 11.2 Å². The Morgan fingerprint density at radius 2 is 2.29 bits per heavy atom. The van der Waals surface area contributed by atoms with E-state index in [0.717, 1.165) is 41.7 Å². The topological polar surface area (TPSA) is 84.1 Å². The Kier molecular flexibility index (Phi) is 3.60. The lowest BCUT2D eigenvalue weighted by Crippen LogP contribution is -2.47. The molecule has 0 aliphatic carbocycles. The molecule has 0 radical (unpaired) electrons. The first kappa shape index (κ1) is 13.6. The highest BCUT2D eigenvalue weighted by Crippen LogP contribution is 2.23. The number of likely N-dealkylation sites (tertiary alicyclic amines) is 1. The Bertz CT molecular complexity index is 672. The molecule has 6 nitrogen and oxygen atoms in total. The number of hydrogen-bond acceptors (Lipinski definition) is 4. The number of aryl methyl sites for hydroxylation is 1. The van der Waals surface area contributed by atoms with Crippen molar-refractivity contribution in [1.29, 1.82) is 0 Å². The third kappa shape index (κ3) is 2.74. The fourth-order valence-corrected chi connectivity index (χ4v) is 2.84. The normalized spacial score (nSPS) is 18.7. The zero-order valence-corrected chi connectivity index (χ0v) is 12.0. The van der Waals surface area contributed by atoms with Gasteiger partial charge in [0.15, 0.2) is 0 Å². The number of hydrogen-bond donors (Lipinski definition) is 2. The fourth-order valence-electron chi connectivity index (χ4n) is 2.84. The highest BCUT2D eigenvalue weighted by atomic mass is 16.2. The van der Waals surface area contributed by atoms with Gasteiger partial charge in [-0.25, -0.2) is 14.8 Å². The smallest absolute Gasteiger partial charge is 0.314 e. The van der Waals surface area contributed by atoms with Crippen molar-refractivity contribution in [3.8, 4) is 0 Å². The molecular formula is C15H19N5O. The van der Waals surface area contributed by atoms with Gasteiger partial charge in [0, 0.05) is 24.5 Å². The van der Waals surface area contributed by atoms with Gasteiger partial charge in [-0.1, -0.05) is 12.1 Å². The molecule has 3 rings (SSSR count). The standard InChI is InChI=1S/C15H19N5O/c1-10-4-2-6-12-13(10)17-9-18-14(12)19-11-5-3-7-20(8-11)15(16)21/h2,4,6,9,11H,3,5,7-8H2,1H3,(H2,16,21)(H,17,18,19). The molecule has 110 valence electrons. The van der Waals surface area contributed by atoms with E-state index < -0.39 is 0 Å². The van der Waals surface area contributed by atoms with Crippen LogP contribution in [0.1, 0.15) is 18.4 Å². The van der Waals surface area contributed by atoms with Crippen molar-refractivity contribution in [2.45, 2.75) is 25.8 Å². The average Bonchev–Trinajstić information content (AvgIpc) is 2.49. The van der Waals surface area contributed by atoms with Crippen molar-refractivity contribution in [3.05, 3.63) is 30.1 Å². The second-order valence-corrected chi connectivity index (χ2v) is 5.46. The average molecular weight is 285 g/mol. The molecule has 2 heterocycles. The number of aromatic nitrogens is 2. The number of carbonyl (C=O) groups is 1. The van der Waals surface area contributed by atoms with Gasteiger partial charge in [-0.3, -0.25) is 0 Å². The maximum Gasteiger partial charge on any atom is 0.314 e. The number of para-hydroxylation sites is 1. The summed E-state index contributed by atoms with van der Waals surface area (Å²) in [5.74, 6) is 0.819. The monoisotopic (exact) mass is 285 g/mol. The maximum absolute atomic E-state index is 11.3. The molecule has 1 aromatic heterocycles. The molecule has 1 aromatic carbocycles. The molecule has 1 fully saturated rings. The van der Waals surface area contributed by atoms with Gasteiger partial charge in [0.2, 0.25) is 0 Å². The van der Waals surface area contributed by atoms with Gasteiger partial charge in [-0.2, -0.15) is 0 Å². The van der Waals surface area contributed by atoms with E-state index in [1.807, 2.05) is 25.1 Å². The van der Waals surface area contributed by atoms with Crippen LogP contribution in [0.25, 0.3) is 10.9 Å². The molecule has 2 amide bonds. The lowest BCUT2D eigenvalue weighted by molar-refractivity contribution is 0.192. The summed E-state index contributed by atoms with van der Waals surface area (Å²) in [5, 5.41) is 4.44. The maximum atomic E-state index is 11.3. The van der Waals surface area contributed by atoms with Crippen LogP contribution >= 0.6 is 0 Å². The van der Waals surface area contributed by atoms with Crippen LogP contribution in [0.15, 0.2) is 24.5 Å². The van der Waals surface area contributed by atoms with Crippen LogP contribution in [0.5, 0.6) is 0 Å². The number of rotatable bonds is 2. The number of amides is 2. The number of benzene rings is 1. The molecule has 21 heavy (non-hydrogen) atoms. The molecule has 6 heteroatoms. The quantitative estimate of drug-likeness (QED) is 0.882. The van der Waals surface area contributed by atoms with E-state index in [2.05, 4.69) is 15.3 Å². The lowest BCUT2D eigenvalue weighted by atomic mass is 10.1. The molecule has 1 aliphatic heterocycles. The van der Waals surface area contributed by atoms with Crippen LogP contribution in [-0.2, 0) is 0 Å². The number of nitrogens with two attached hydrogens (primary N) is 1. The first-order chi connectivity index (χ1) is 10.1. The zero-order chi connectivity index (χ0) is 14.8. The Morgan fingerprint density at radius 1 is 1.43 bits per heavy atom. The van der Waals surface area contributed by atoms with Gasteiger partial charge >= 0.3 is 6.03 Å². The lowest BCUT2D eigenvalue weighted by Gasteiger charge is -2.32. The Hall–Kier alpha value is -2.37. The molecule has 0 spiro atoms. The summed E-state index contributed by atoms with van der Waals surface area (Å²) in [7, 11) is 0. The molecule has 0 bridgehead atoms. The minimum Gasteiger partial charge on any atom is -0.365 e. The summed E-state index contributed by atoms with van der Waals surface area (Å²) in [5.41, 5.74) is 7.45. The number of anilines is 1. The minimum atomic E-state index is -0.357. The van der Waals surface area contributed by atoms with Crippen LogP contribution in [0.2, 0.25) is 0 Å². The van der Waals surface area contributed by atoms with Crippen LogP contribution in [0.4, 0.5) is 10.6 Å². The van der Waals surface area contributed by atoms with Crippen molar-refractivity contribution in [1.82, 2.24) is 14.9 Å². The number of piperidine rings is 1. The zero-order valence-electron chi connectivity index (χ0n) is 12.0. The number of primary amides is 1. The van der Waals surface area contributed by atoms with E-state index in [4.69, 9.17) is 5.73 Å². The third-order valence-electron chi connectivity index (χ3n) is 3.94. The van der Waals surface area contributed by atoms with Gasteiger partial charge in [0.1, 0.15) is 12.1 Å². The fraction of sp³-hybridized carbons (Fsp3) is 0.400. The number of urea groups is 1. The summed E-state index contributed by atoms with van der Waals surface area (Å²) in [6.07, 6.45) is 3.52. The van der Waals surface area contributed by atoms with E-state index in [9.17, 15) is 4.79 Å². The number of fused-ring (bicyclic) bond motifs is 1. The summed E-state index contributed by atoms with van der Waals surface area (Å²) in [6, 6.07) is 5.87. The van der Waals surface area contributed by atoms with E-state index in [0.29, 0.717) is 6.54 Å². The van der Waals surface area contributed by atoms with Crippen molar-refractivity contribution in [3.63, 3.8) is 0 Å². The van der Waals surface area contributed by atoms with Crippen molar-refractivity contribution < 1.29 is 4.79 Å². The molecule has 1 atom stereocenters. The summed E-state index contributed by atoms with van der Waals surface area (Å²) < 4.78 is 0. The molecule has 1 aliphatic rings. The molecule has 1 saturated heterocycles.